The normalized spacial score (nSPS) is 11.6. The van der Waals surface area contributed by atoms with E-state index in [0.29, 0.717) is 31.9 Å². The van der Waals surface area contributed by atoms with Crippen LogP contribution >= 0.6 is 50.7 Å². The van der Waals surface area contributed by atoms with E-state index in [1.54, 1.807) is 55.5 Å². The molecule has 1 amide bonds. The number of hydrogen-bond donors (Lipinski definition) is 1. The largest absolute Gasteiger partial charge is 0.325 e. The average molecular weight is 577 g/mol. The van der Waals surface area contributed by atoms with Crippen molar-refractivity contribution in [1.82, 2.24) is 4.31 Å². The topological polar surface area (TPSA) is 66.5 Å². The fraction of sp³-hybridized carbons (Fsp3) is 0.136. The lowest BCUT2D eigenvalue weighted by Gasteiger charge is -2.22. The molecule has 0 unspecified atom stereocenters. The number of hydrogen-bond acceptors (Lipinski definition) is 3. The lowest BCUT2D eigenvalue weighted by atomic mass is 10.2. The van der Waals surface area contributed by atoms with Crippen LogP contribution in [-0.4, -0.2) is 25.2 Å². The first-order valence-electron chi connectivity index (χ1n) is 9.32. The van der Waals surface area contributed by atoms with E-state index in [1.165, 1.54) is 12.1 Å². The summed E-state index contributed by atoms with van der Waals surface area (Å²) in [5.74, 6) is -0.504. The zero-order valence-electron chi connectivity index (χ0n) is 16.8. The van der Waals surface area contributed by atoms with Crippen LogP contribution in [0.15, 0.2) is 70.0 Å². The van der Waals surface area contributed by atoms with Gasteiger partial charge in [0, 0.05) is 21.7 Å². The van der Waals surface area contributed by atoms with Crippen molar-refractivity contribution in [2.24, 2.45) is 0 Å². The maximum atomic E-state index is 13.4. The van der Waals surface area contributed by atoms with Crippen molar-refractivity contribution >= 4 is 72.4 Å². The number of carbonyl (C=O) groups is 1. The molecular formula is C22H18BrCl3N2O3S. The van der Waals surface area contributed by atoms with Gasteiger partial charge in [-0.2, -0.15) is 4.31 Å². The molecule has 5 nitrogen and oxygen atoms in total. The predicted octanol–water partition coefficient (Wildman–Crippen LogP) is 6.55. The first-order chi connectivity index (χ1) is 15.1. The average Bonchev–Trinajstić information content (AvgIpc) is 2.74. The Morgan fingerprint density at radius 2 is 1.66 bits per heavy atom. The van der Waals surface area contributed by atoms with Crippen molar-refractivity contribution in [1.29, 1.82) is 0 Å². The van der Waals surface area contributed by atoms with Crippen LogP contribution in [0.5, 0.6) is 0 Å². The number of rotatable bonds is 7. The van der Waals surface area contributed by atoms with Crippen molar-refractivity contribution in [2.45, 2.75) is 18.4 Å². The van der Waals surface area contributed by atoms with Gasteiger partial charge in [0.05, 0.1) is 21.5 Å². The summed E-state index contributed by atoms with van der Waals surface area (Å²) in [5.41, 5.74) is 1.79. The van der Waals surface area contributed by atoms with Gasteiger partial charge in [-0.1, -0.05) is 62.9 Å². The third-order valence-electron chi connectivity index (χ3n) is 4.66. The van der Waals surface area contributed by atoms with Gasteiger partial charge >= 0.3 is 0 Å². The Morgan fingerprint density at radius 3 is 2.31 bits per heavy atom. The molecule has 3 aromatic rings. The summed E-state index contributed by atoms with van der Waals surface area (Å²) in [6, 6.07) is 16.1. The van der Waals surface area contributed by atoms with Gasteiger partial charge in [-0.05, 0) is 66.6 Å². The molecule has 0 saturated carbocycles. The Bertz CT molecular complexity index is 1250. The molecule has 1 N–H and O–H groups in total. The van der Waals surface area contributed by atoms with Crippen molar-refractivity contribution in [3.63, 3.8) is 0 Å². The summed E-state index contributed by atoms with van der Waals surface area (Å²) in [7, 11) is -4.00. The van der Waals surface area contributed by atoms with Gasteiger partial charge in [-0.25, -0.2) is 8.42 Å². The van der Waals surface area contributed by atoms with Crippen LogP contribution in [0.25, 0.3) is 0 Å². The number of nitrogens with zero attached hydrogens (tertiary/aromatic N) is 1. The fourth-order valence-corrected chi connectivity index (χ4v) is 5.06. The van der Waals surface area contributed by atoms with E-state index in [4.69, 9.17) is 34.8 Å². The molecule has 0 atom stereocenters. The minimum absolute atomic E-state index is 0.0625. The molecule has 0 aromatic heterocycles. The second-order valence-electron chi connectivity index (χ2n) is 6.94. The maximum Gasteiger partial charge on any atom is 0.243 e. The Hall–Kier alpha value is -1.61. The van der Waals surface area contributed by atoms with E-state index in [1.807, 2.05) is 0 Å². The van der Waals surface area contributed by atoms with Crippen LogP contribution in [0.4, 0.5) is 5.69 Å². The summed E-state index contributed by atoms with van der Waals surface area (Å²) >= 11 is 21.5. The highest BCUT2D eigenvalue weighted by Crippen LogP contribution is 2.26. The molecule has 0 spiro atoms. The number of halogens is 4. The first-order valence-corrected chi connectivity index (χ1v) is 12.7. The lowest BCUT2D eigenvalue weighted by Crippen LogP contribution is -2.37. The van der Waals surface area contributed by atoms with Crippen LogP contribution < -0.4 is 5.32 Å². The molecular weight excluding hydrogens is 559 g/mol. The SMILES string of the molecule is Cc1c(Cl)cccc1NC(=O)CN(Cc1ccc(Cl)c(Cl)c1)S(=O)(=O)c1ccc(Br)cc1. The molecule has 168 valence electrons. The molecule has 0 fully saturated rings. The van der Waals surface area contributed by atoms with Crippen LogP contribution in [0.1, 0.15) is 11.1 Å². The highest BCUT2D eigenvalue weighted by Gasteiger charge is 2.27. The Morgan fingerprint density at radius 1 is 0.969 bits per heavy atom. The van der Waals surface area contributed by atoms with Gasteiger partial charge in [0.2, 0.25) is 15.9 Å². The quantitative estimate of drug-likeness (QED) is 0.347. The smallest absolute Gasteiger partial charge is 0.243 e. The van der Waals surface area contributed by atoms with Gasteiger partial charge in [-0.15, -0.1) is 0 Å². The molecule has 32 heavy (non-hydrogen) atoms. The van der Waals surface area contributed by atoms with Crippen molar-refractivity contribution in [3.05, 3.63) is 91.3 Å². The minimum atomic E-state index is -4.00. The highest BCUT2D eigenvalue weighted by atomic mass is 79.9. The van der Waals surface area contributed by atoms with Gasteiger partial charge in [0.1, 0.15) is 0 Å². The van der Waals surface area contributed by atoms with Crippen molar-refractivity contribution < 1.29 is 13.2 Å². The second-order valence-corrected chi connectivity index (χ2v) is 11.0. The minimum Gasteiger partial charge on any atom is -0.325 e. The Labute approximate surface area is 210 Å². The van der Waals surface area contributed by atoms with Crippen molar-refractivity contribution in [3.8, 4) is 0 Å². The Kier molecular flexibility index (Phi) is 8.25. The second kappa shape index (κ2) is 10.5. The summed E-state index contributed by atoms with van der Waals surface area (Å²) < 4.78 is 28.5. The van der Waals surface area contributed by atoms with Gasteiger partial charge in [0.15, 0.2) is 0 Å². The molecule has 0 aliphatic heterocycles. The lowest BCUT2D eigenvalue weighted by molar-refractivity contribution is -0.116. The number of amides is 1. The first kappa shape index (κ1) is 25.0. The molecule has 0 aliphatic rings. The van der Waals surface area contributed by atoms with E-state index in [-0.39, 0.29) is 11.4 Å². The zero-order chi connectivity index (χ0) is 23.5. The van der Waals surface area contributed by atoms with E-state index < -0.39 is 22.5 Å². The predicted molar refractivity (Wildman–Crippen MR) is 133 cm³/mol. The van der Waals surface area contributed by atoms with E-state index in [2.05, 4.69) is 21.2 Å². The highest BCUT2D eigenvalue weighted by molar-refractivity contribution is 9.10. The summed E-state index contributed by atoms with van der Waals surface area (Å²) in [6.07, 6.45) is 0. The summed E-state index contributed by atoms with van der Waals surface area (Å²) in [6.45, 7) is 1.28. The van der Waals surface area contributed by atoms with E-state index >= 15 is 0 Å². The molecule has 0 radical (unpaired) electrons. The summed E-state index contributed by atoms with van der Waals surface area (Å²) in [4.78, 5) is 12.9. The van der Waals surface area contributed by atoms with Crippen LogP contribution in [0.3, 0.4) is 0 Å². The van der Waals surface area contributed by atoms with Crippen LogP contribution in [0, 0.1) is 6.92 Å². The summed E-state index contributed by atoms with van der Waals surface area (Å²) in [5, 5.41) is 3.88. The number of carbonyl (C=O) groups excluding carboxylic acids is 1. The molecule has 10 heteroatoms. The van der Waals surface area contributed by atoms with Gasteiger partial charge in [0.25, 0.3) is 0 Å². The molecule has 0 heterocycles. The van der Waals surface area contributed by atoms with Gasteiger partial charge in [-0.3, -0.25) is 4.79 Å². The number of benzene rings is 3. The van der Waals surface area contributed by atoms with Crippen LogP contribution in [0.2, 0.25) is 15.1 Å². The number of anilines is 1. The third kappa shape index (κ3) is 6.04. The zero-order valence-corrected chi connectivity index (χ0v) is 21.5. The molecule has 0 bridgehead atoms. The molecule has 3 aromatic carbocycles. The molecule has 0 aliphatic carbocycles. The fourth-order valence-electron chi connectivity index (χ4n) is 2.92. The number of sulfonamides is 1. The monoisotopic (exact) mass is 574 g/mol. The van der Waals surface area contributed by atoms with E-state index in [0.717, 1.165) is 8.78 Å². The molecule has 3 rings (SSSR count). The third-order valence-corrected chi connectivity index (χ3v) is 8.14. The standard InChI is InChI=1S/C22H18BrCl3N2O3S/c1-14-18(24)3-2-4-21(14)27-22(29)13-28(12-15-5-10-19(25)20(26)11-15)32(30,31)17-8-6-16(23)7-9-17/h2-11H,12-13H2,1H3,(H,27,29). The molecule has 0 saturated heterocycles. The van der Waals surface area contributed by atoms with E-state index in [9.17, 15) is 13.2 Å². The number of nitrogens with one attached hydrogen (secondary N) is 1. The maximum absolute atomic E-state index is 13.4. The Balaban J connectivity index is 1.92. The van der Waals surface area contributed by atoms with Gasteiger partial charge < -0.3 is 5.32 Å². The van der Waals surface area contributed by atoms with Crippen LogP contribution in [-0.2, 0) is 21.4 Å². The van der Waals surface area contributed by atoms with Crippen molar-refractivity contribution in [2.75, 3.05) is 11.9 Å².